The van der Waals surface area contributed by atoms with Crippen LogP contribution in [-0.4, -0.2) is 12.6 Å². The zero-order valence-corrected chi connectivity index (χ0v) is 11.3. The van der Waals surface area contributed by atoms with Gasteiger partial charge in [-0.3, -0.25) is 0 Å². The van der Waals surface area contributed by atoms with Crippen molar-refractivity contribution in [2.24, 2.45) is 5.92 Å². The van der Waals surface area contributed by atoms with Gasteiger partial charge >= 0.3 is 0 Å². The van der Waals surface area contributed by atoms with Gasteiger partial charge in [0.25, 0.3) is 0 Å². The molecule has 1 N–H and O–H groups in total. The summed E-state index contributed by atoms with van der Waals surface area (Å²) in [5, 5.41) is 3.62. The molecule has 96 valence electrons. The van der Waals surface area contributed by atoms with Crippen molar-refractivity contribution in [3.63, 3.8) is 0 Å². The first-order valence-electron chi connectivity index (χ1n) is 7.08. The Morgan fingerprint density at radius 3 is 2.89 bits per heavy atom. The number of benzene rings is 1. The molecule has 1 aliphatic rings. The zero-order chi connectivity index (χ0) is 12.8. The van der Waals surface area contributed by atoms with Gasteiger partial charge in [0, 0.05) is 12.5 Å². The Morgan fingerprint density at radius 2 is 2.17 bits per heavy atom. The summed E-state index contributed by atoms with van der Waals surface area (Å²) in [7, 11) is 0. The maximum atomic E-state index is 5.40. The van der Waals surface area contributed by atoms with E-state index in [1.54, 1.807) is 5.56 Å². The van der Waals surface area contributed by atoms with Crippen LogP contribution in [0.1, 0.15) is 37.3 Å². The van der Waals surface area contributed by atoms with Crippen molar-refractivity contribution in [3.05, 3.63) is 35.4 Å². The van der Waals surface area contributed by atoms with Crippen LogP contribution in [0.5, 0.6) is 0 Å². The van der Waals surface area contributed by atoms with E-state index >= 15 is 0 Å². The molecular formula is C17H23N. The summed E-state index contributed by atoms with van der Waals surface area (Å²) >= 11 is 0. The Labute approximate surface area is 111 Å². The second kappa shape index (κ2) is 6.61. The summed E-state index contributed by atoms with van der Waals surface area (Å²) < 4.78 is 0. The van der Waals surface area contributed by atoms with Crippen LogP contribution >= 0.6 is 0 Å². The molecule has 0 bridgehead atoms. The molecule has 0 saturated heterocycles. The van der Waals surface area contributed by atoms with E-state index in [1.807, 2.05) is 0 Å². The first kappa shape index (κ1) is 13.2. The quantitative estimate of drug-likeness (QED) is 0.781. The van der Waals surface area contributed by atoms with Gasteiger partial charge in [-0.15, -0.1) is 12.3 Å². The predicted octanol–water partition coefficient (Wildman–Crippen LogP) is 3.18. The predicted molar refractivity (Wildman–Crippen MR) is 77.5 cm³/mol. The average Bonchev–Trinajstić information content (AvgIpc) is 2.43. The third-order valence-corrected chi connectivity index (χ3v) is 4.02. The van der Waals surface area contributed by atoms with Crippen LogP contribution in [0.25, 0.3) is 0 Å². The molecule has 0 radical (unpaired) electrons. The number of terminal acetylenes is 1. The van der Waals surface area contributed by atoms with Crippen molar-refractivity contribution in [2.45, 2.75) is 45.1 Å². The van der Waals surface area contributed by atoms with E-state index in [0.29, 0.717) is 6.04 Å². The van der Waals surface area contributed by atoms with E-state index in [1.165, 1.54) is 24.8 Å². The molecule has 0 aliphatic heterocycles. The molecule has 1 heteroatoms. The zero-order valence-electron chi connectivity index (χ0n) is 11.3. The van der Waals surface area contributed by atoms with Gasteiger partial charge in [0.2, 0.25) is 0 Å². The van der Waals surface area contributed by atoms with Gasteiger partial charge in [-0.05, 0) is 49.3 Å². The van der Waals surface area contributed by atoms with Gasteiger partial charge in [0.05, 0.1) is 0 Å². The lowest BCUT2D eigenvalue weighted by Crippen LogP contribution is -2.38. The van der Waals surface area contributed by atoms with Crippen LogP contribution in [0.15, 0.2) is 24.3 Å². The average molecular weight is 241 g/mol. The van der Waals surface area contributed by atoms with Gasteiger partial charge in [-0.1, -0.05) is 31.2 Å². The lowest BCUT2D eigenvalue weighted by Gasteiger charge is -2.32. The normalized spacial score (nSPS) is 19.9. The minimum absolute atomic E-state index is 0.583. The highest BCUT2D eigenvalue weighted by molar-refractivity contribution is 5.30. The van der Waals surface area contributed by atoms with Crippen LogP contribution in [0.3, 0.4) is 0 Å². The van der Waals surface area contributed by atoms with E-state index in [2.05, 4.69) is 42.4 Å². The Hall–Kier alpha value is -1.26. The molecule has 1 nitrogen and oxygen atoms in total. The molecule has 0 saturated carbocycles. The summed E-state index contributed by atoms with van der Waals surface area (Å²) in [6.07, 6.45) is 11.1. The van der Waals surface area contributed by atoms with Crippen molar-refractivity contribution in [2.75, 3.05) is 6.54 Å². The highest BCUT2D eigenvalue weighted by Crippen LogP contribution is 2.28. The fourth-order valence-corrected chi connectivity index (χ4v) is 3.07. The molecule has 0 amide bonds. The van der Waals surface area contributed by atoms with Crippen molar-refractivity contribution in [1.82, 2.24) is 5.32 Å². The third-order valence-electron chi connectivity index (χ3n) is 4.02. The second-order valence-electron chi connectivity index (χ2n) is 5.18. The van der Waals surface area contributed by atoms with Crippen LogP contribution in [0.4, 0.5) is 0 Å². The summed E-state index contributed by atoms with van der Waals surface area (Å²) in [6.45, 7) is 3.22. The molecule has 0 fully saturated rings. The van der Waals surface area contributed by atoms with Gasteiger partial charge in [-0.2, -0.15) is 0 Å². The van der Waals surface area contributed by atoms with E-state index in [0.717, 1.165) is 25.3 Å². The Balaban J connectivity index is 2.03. The monoisotopic (exact) mass is 241 g/mol. The van der Waals surface area contributed by atoms with Gasteiger partial charge in [0.1, 0.15) is 0 Å². The van der Waals surface area contributed by atoms with E-state index in [-0.39, 0.29) is 0 Å². The van der Waals surface area contributed by atoms with Gasteiger partial charge in [-0.25, -0.2) is 0 Å². The maximum absolute atomic E-state index is 5.40. The number of hydrogen-bond acceptors (Lipinski definition) is 1. The molecule has 2 atom stereocenters. The number of aryl methyl sites for hydroxylation is 1. The van der Waals surface area contributed by atoms with E-state index in [4.69, 9.17) is 6.42 Å². The lowest BCUT2D eigenvalue weighted by atomic mass is 9.79. The third kappa shape index (κ3) is 3.15. The van der Waals surface area contributed by atoms with E-state index in [9.17, 15) is 0 Å². The molecule has 1 aromatic carbocycles. The molecule has 18 heavy (non-hydrogen) atoms. The van der Waals surface area contributed by atoms with Crippen LogP contribution in [0.2, 0.25) is 0 Å². The molecule has 0 spiro atoms. The van der Waals surface area contributed by atoms with Crippen LogP contribution in [0, 0.1) is 18.3 Å². The fourth-order valence-electron chi connectivity index (χ4n) is 3.07. The molecule has 0 heterocycles. The molecule has 1 aromatic rings. The molecule has 2 rings (SSSR count). The Kier molecular flexibility index (Phi) is 4.84. The molecular weight excluding hydrogens is 218 g/mol. The first-order valence-corrected chi connectivity index (χ1v) is 7.08. The van der Waals surface area contributed by atoms with Crippen molar-refractivity contribution >= 4 is 0 Å². The maximum Gasteiger partial charge on any atom is 0.0108 e. The summed E-state index contributed by atoms with van der Waals surface area (Å²) in [5.74, 6) is 3.52. The highest BCUT2D eigenvalue weighted by atomic mass is 14.9. The molecule has 1 aliphatic carbocycles. The number of rotatable bonds is 5. The summed E-state index contributed by atoms with van der Waals surface area (Å²) in [5.41, 5.74) is 3.08. The SMILES string of the molecule is C#CCCC(NCC)C1CCc2ccccc2C1. The summed E-state index contributed by atoms with van der Waals surface area (Å²) in [6, 6.07) is 9.45. The number of nitrogens with one attached hydrogen (secondary N) is 1. The van der Waals surface area contributed by atoms with Gasteiger partial charge < -0.3 is 5.32 Å². The smallest absolute Gasteiger partial charge is 0.0108 e. The lowest BCUT2D eigenvalue weighted by molar-refractivity contribution is 0.311. The van der Waals surface area contributed by atoms with Gasteiger partial charge in [0.15, 0.2) is 0 Å². The topological polar surface area (TPSA) is 12.0 Å². The van der Waals surface area contributed by atoms with Crippen LogP contribution in [-0.2, 0) is 12.8 Å². The molecule has 2 unspecified atom stereocenters. The van der Waals surface area contributed by atoms with Crippen molar-refractivity contribution in [1.29, 1.82) is 0 Å². The second-order valence-corrected chi connectivity index (χ2v) is 5.18. The Morgan fingerprint density at radius 1 is 1.39 bits per heavy atom. The van der Waals surface area contributed by atoms with Crippen LogP contribution < -0.4 is 5.32 Å². The highest BCUT2D eigenvalue weighted by Gasteiger charge is 2.24. The number of hydrogen-bond donors (Lipinski definition) is 1. The Bertz CT molecular complexity index is 416. The largest absolute Gasteiger partial charge is 0.314 e. The summed E-state index contributed by atoms with van der Waals surface area (Å²) in [4.78, 5) is 0. The van der Waals surface area contributed by atoms with Crippen molar-refractivity contribution in [3.8, 4) is 12.3 Å². The minimum atomic E-state index is 0.583. The standard InChI is InChI=1S/C17H23N/c1-3-5-10-17(18-4-2)16-12-11-14-8-6-7-9-15(14)13-16/h1,6-9,16-18H,4-5,10-13H2,2H3. The fraction of sp³-hybridized carbons (Fsp3) is 0.529. The first-order chi connectivity index (χ1) is 8.85. The van der Waals surface area contributed by atoms with E-state index < -0.39 is 0 Å². The van der Waals surface area contributed by atoms with Crippen molar-refractivity contribution < 1.29 is 0 Å². The number of fused-ring (bicyclic) bond motifs is 1. The molecule has 0 aromatic heterocycles. The minimum Gasteiger partial charge on any atom is -0.314 e.